The zero-order valence-electron chi connectivity index (χ0n) is 10.1. The molecule has 17 heavy (non-hydrogen) atoms. The van der Waals surface area contributed by atoms with Crippen LogP contribution >= 0.6 is 0 Å². The van der Waals surface area contributed by atoms with Crippen molar-refractivity contribution in [1.29, 1.82) is 0 Å². The van der Waals surface area contributed by atoms with E-state index in [0.29, 0.717) is 5.92 Å². The summed E-state index contributed by atoms with van der Waals surface area (Å²) in [5, 5.41) is 4.43. The van der Waals surface area contributed by atoms with E-state index in [1.807, 2.05) is 24.3 Å². The van der Waals surface area contributed by atoms with E-state index in [1.165, 1.54) is 0 Å². The third-order valence-corrected chi connectivity index (χ3v) is 2.82. The monoisotopic (exact) mass is 230 g/mol. The van der Waals surface area contributed by atoms with Crippen LogP contribution in [0.25, 0.3) is 10.9 Å². The van der Waals surface area contributed by atoms with E-state index in [4.69, 9.17) is 5.73 Å². The van der Waals surface area contributed by atoms with Crippen molar-refractivity contribution in [3.8, 4) is 0 Å². The number of nitrogens with zero attached hydrogens (tertiary/aromatic N) is 2. The zero-order chi connectivity index (χ0) is 12.1. The van der Waals surface area contributed by atoms with E-state index in [1.54, 1.807) is 6.33 Å². The van der Waals surface area contributed by atoms with Crippen LogP contribution in [0.3, 0.4) is 0 Å². The van der Waals surface area contributed by atoms with Gasteiger partial charge in [0.05, 0.1) is 5.52 Å². The molecule has 0 saturated carbocycles. The van der Waals surface area contributed by atoms with Gasteiger partial charge in [-0.15, -0.1) is 0 Å². The Labute approximate surface area is 101 Å². The predicted octanol–water partition coefficient (Wildman–Crippen LogP) is 2.03. The molecule has 4 heteroatoms. The average Bonchev–Trinajstić information content (AvgIpc) is 2.36. The minimum absolute atomic E-state index is 0.550. The average molecular weight is 230 g/mol. The van der Waals surface area contributed by atoms with Crippen molar-refractivity contribution in [3.63, 3.8) is 0 Å². The molecule has 1 aromatic carbocycles. The summed E-state index contributed by atoms with van der Waals surface area (Å²) in [4.78, 5) is 8.52. The fourth-order valence-electron chi connectivity index (χ4n) is 1.80. The molecule has 4 nitrogen and oxygen atoms in total. The summed E-state index contributed by atoms with van der Waals surface area (Å²) < 4.78 is 0. The van der Waals surface area contributed by atoms with Crippen molar-refractivity contribution in [1.82, 2.24) is 9.97 Å². The summed E-state index contributed by atoms with van der Waals surface area (Å²) in [5.74, 6) is 1.45. The second kappa shape index (κ2) is 5.59. The Morgan fingerprint density at radius 1 is 1.29 bits per heavy atom. The highest BCUT2D eigenvalue weighted by molar-refractivity contribution is 5.88. The van der Waals surface area contributed by atoms with E-state index in [9.17, 15) is 0 Å². The van der Waals surface area contributed by atoms with Gasteiger partial charge in [0.1, 0.15) is 12.1 Å². The molecule has 0 radical (unpaired) electrons. The van der Waals surface area contributed by atoms with Gasteiger partial charge in [0.15, 0.2) is 0 Å². The number of hydrogen-bond donors (Lipinski definition) is 2. The maximum absolute atomic E-state index is 5.54. The molecule has 1 aromatic heterocycles. The van der Waals surface area contributed by atoms with E-state index in [0.717, 1.165) is 36.2 Å². The molecule has 2 rings (SSSR count). The molecule has 90 valence electrons. The lowest BCUT2D eigenvalue weighted by atomic mass is 10.1. The lowest BCUT2D eigenvalue weighted by Gasteiger charge is -2.12. The second-order valence-corrected chi connectivity index (χ2v) is 4.30. The fraction of sp³-hybridized carbons (Fsp3) is 0.385. The van der Waals surface area contributed by atoms with Gasteiger partial charge in [0, 0.05) is 11.9 Å². The summed E-state index contributed by atoms with van der Waals surface area (Å²) in [6.07, 6.45) is 2.62. The van der Waals surface area contributed by atoms with Crippen LogP contribution in [0.5, 0.6) is 0 Å². The van der Waals surface area contributed by atoms with Crippen LogP contribution in [0.4, 0.5) is 5.82 Å². The third-order valence-electron chi connectivity index (χ3n) is 2.82. The third kappa shape index (κ3) is 2.91. The predicted molar refractivity (Wildman–Crippen MR) is 70.9 cm³/mol. The van der Waals surface area contributed by atoms with Crippen LogP contribution in [-0.4, -0.2) is 23.1 Å². The van der Waals surface area contributed by atoms with Gasteiger partial charge in [-0.1, -0.05) is 19.1 Å². The SMILES string of the molecule is CC(CCN)CNc1ncnc2ccccc12. The number of nitrogens with two attached hydrogens (primary N) is 1. The van der Waals surface area contributed by atoms with E-state index in [-0.39, 0.29) is 0 Å². The topological polar surface area (TPSA) is 63.8 Å². The van der Waals surface area contributed by atoms with Crippen molar-refractivity contribution in [2.24, 2.45) is 11.7 Å². The first-order chi connectivity index (χ1) is 8.31. The lowest BCUT2D eigenvalue weighted by molar-refractivity contribution is 0.568. The highest BCUT2D eigenvalue weighted by atomic mass is 15.0. The maximum Gasteiger partial charge on any atom is 0.137 e. The fourth-order valence-corrected chi connectivity index (χ4v) is 1.80. The van der Waals surface area contributed by atoms with Crippen molar-refractivity contribution in [3.05, 3.63) is 30.6 Å². The number of aromatic nitrogens is 2. The number of anilines is 1. The van der Waals surface area contributed by atoms with Crippen LogP contribution in [0.1, 0.15) is 13.3 Å². The number of rotatable bonds is 5. The number of fused-ring (bicyclic) bond motifs is 1. The number of benzene rings is 1. The standard InChI is InChI=1S/C13H18N4/c1-10(6-7-14)8-15-13-11-4-2-3-5-12(11)16-9-17-13/h2-5,9-10H,6-8,14H2,1H3,(H,15,16,17). The van der Waals surface area contributed by atoms with Gasteiger partial charge in [-0.2, -0.15) is 0 Å². The molecule has 0 aliphatic heterocycles. The molecule has 0 amide bonds. The van der Waals surface area contributed by atoms with Gasteiger partial charge in [-0.3, -0.25) is 0 Å². The van der Waals surface area contributed by atoms with Gasteiger partial charge in [0.2, 0.25) is 0 Å². The molecule has 1 unspecified atom stereocenters. The summed E-state index contributed by atoms with van der Waals surface area (Å²) in [6, 6.07) is 8.01. The highest BCUT2D eigenvalue weighted by Gasteiger charge is 2.04. The van der Waals surface area contributed by atoms with Gasteiger partial charge < -0.3 is 11.1 Å². The molecule has 3 N–H and O–H groups in total. The number of para-hydroxylation sites is 1. The maximum atomic E-state index is 5.54. The first-order valence-electron chi connectivity index (χ1n) is 5.95. The molecule has 1 atom stereocenters. The second-order valence-electron chi connectivity index (χ2n) is 4.30. The van der Waals surface area contributed by atoms with Crippen LogP contribution in [0, 0.1) is 5.92 Å². The van der Waals surface area contributed by atoms with Crippen LogP contribution < -0.4 is 11.1 Å². The summed E-state index contributed by atoms with van der Waals surface area (Å²) >= 11 is 0. The van der Waals surface area contributed by atoms with Crippen LogP contribution in [0.15, 0.2) is 30.6 Å². The van der Waals surface area contributed by atoms with E-state index < -0.39 is 0 Å². The van der Waals surface area contributed by atoms with Crippen molar-refractivity contribution < 1.29 is 0 Å². The smallest absolute Gasteiger partial charge is 0.137 e. The Morgan fingerprint density at radius 2 is 2.12 bits per heavy atom. The Kier molecular flexibility index (Phi) is 3.88. The zero-order valence-corrected chi connectivity index (χ0v) is 10.1. The van der Waals surface area contributed by atoms with Gasteiger partial charge >= 0.3 is 0 Å². The first kappa shape index (κ1) is 11.8. The summed E-state index contributed by atoms with van der Waals surface area (Å²) in [7, 11) is 0. The number of nitrogens with one attached hydrogen (secondary N) is 1. The largest absolute Gasteiger partial charge is 0.369 e. The number of hydrogen-bond acceptors (Lipinski definition) is 4. The molecule has 0 bridgehead atoms. The minimum Gasteiger partial charge on any atom is -0.369 e. The molecule has 0 fully saturated rings. The van der Waals surface area contributed by atoms with Gasteiger partial charge in [-0.25, -0.2) is 9.97 Å². The Bertz CT molecular complexity index is 478. The minimum atomic E-state index is 0.550. The molecule has 2 aromatic rings. The Hall–Kier alpha value is -1.68. The quantitative estimate of drug-likeness (QED) is 0.825. The van der Waals surface area contributed by atoms with Crippen molar-refractivity contribution in [2.75, 3.05) is 18.4 Å². The van der Waals surface area contributed by atoms with Gasteiger partial charge in [0.25, 0.3) is 0 Å². The molecule has 0 saturated heterocycles. The van der Waals surface area contributed by atoms with Crippen molar-refractivity contribution in [2.45, 2.75) is 13.3 Å². The van der Waals surface area contributed by atoms with Gasteiger partial charge in [-0.05, 0) is 31.0 Å². The molecular formula is C13H18N4. The van der Waals surface area contributed by atoms with E-state index >= 15 is 0 Å². The molecular weight excluding hydrogens is 212 g/mol. The first-order valence-corrected chi connectivity index (χ1v) is 5.95. The highest BCUT2D eigenvalue weighted by Crippen LogP contribution is 2.18. The molecule has 1 heterocycles. The summed E-state index contributed by atoms with van der Waals surface area (Å²) in [6.45, 7) is 3.80. The lowest BCUT2D eigenvalue weighted by Crippen LogP contribution is -2.16. The molecule has 0 aliphatic rings. The molecule has 0 aliphatic carbocycles. The Balaban J connectivity index is 2.13. The van der Waals surface area contributed by atoms with Crippen LogP contribution in [0.2, 0.25) is 0 Å². The van der Waals surface area contributed by atoms with E-state index in [2.05, 4.69) is 22.2 Å². The Morgan fingerprint density at radius 3 is 2.94 bits per heavy atom. The normalized spacial score (nSPS) is 12.6. The molecule has 0 spiro atoms. The van der Waals surface area contributed by atoms with Crippen LogP contribution in [-0.2, 0) is 0 Å². The van der Waals surface area contributed by atoms with Crippen molar-refractivity contribution >= 4 is 16.7 Å². The summed E-state index contributed by atoms with van der Waals surface area (Å²) in [5.41, 5.74) is 6.50.